The number of hydrogen-bond acceptors (Lipinski definition) is 4. The normalized spacial score (nSPS) is 10.2. The van der Waals surface area contributed by atoms with Crippen LogP contribution in [-0.2, 0) is 13.6 Å². The zero-order chi connectivity index (χ0) is 14.0. The molecule has 98 valence electrons. The lowest BCUT2D eigenvalue weighted by Gasteiger charge is -2.09. The van der Waals surface area contributed by atoms with Gasteiger partial charge in [-0.05, 0) is 28.1 Å². The Morgan fingerprint density at radius 2 is 2.32 bits per heavy atom. The van der Waals surface area contributed by atoms with Crippen molar-refractivity contribution in [3.05, 3.63) is 39.7 Å². The number of aryl methyl sites for hydroxylation is 1. The summed E-state index contributed by atoms with van der Waals surface area (Å²) < 4.78 is 15.6. The van der Waals surface area contributed by atoms with E-state index in [2.05, 4.69) is 26.3 Å². The summed E-state index contributed by atoms with van der Waals surface area (Å²) in [5.74, 6) is 0.0298. The van der Waals surface area contributed by atoms with E-state index in [0.717, 1.165) is 5.56 Å². The molecule has 3 N–H and O–H groups in total. The van der Waals surface area contributed by atoms with Crippen LogP contribution in [0.5, 0.6) is 0 Å². The molecule has 0 aliphatic rings. The molecule has 0 aliphatic carbocycles. The van der Waals surface area contributed by atoms with Crippen molar-refractivity contribution in [3.8, 4) is 6.07 Å². The minimum atomic E-state index is -0.499. The van der Waals surface area contributed by atoms with E-state index in [-0.39, 0.29) is 10.0 Å². The van der Waals surface area contributed by atoms with Crippen LogP contribution in [0.15, 0.2) is 22.8 Å². The first-order valence-electron chi connectivity index (χ1n) is 5.43. The number of hydrogen-bond donors (Lipinski definition) is 2. The van der Waals surface area contributed by atoms with Crippen molar-refractivity contribution < 1.29 is 4.39 Å². The molecule has 0 atom stereocenters. The fourth-order valence-electron chi connectivity index (χ4n) is 1.59. The van der Waals surface area contributed by atoms with Crippen LogP contribution < -0.4 is 11.1 Å². The maximum atomic E-state index is 13.9. The third kappa shape index (κ3) is 2.53. The van der Waals surface area contributed by atoms with Gasteiger partial charge in [-0.3, -0.25) is 4.68 Å². The molecule has 1 heterocycles. The van der Waals surface area contributed by atoms with Gasteiger partial charge in [0.25, 0.3) is 0 Å². The van der Waals surface area contributed by atoms with Crippen LogP contribution in [0.2, 0.25) is 0 Å². The van der Waals surface area contributed by atoms with Crippen molar-refractivity contribution in [2.24, 2.45) is 7.05 Å². The molecule has 2 aromatic rings. The van der Waals surface area contributed by atoms with Crippen LogP contribution in [-0.4, -0.2) is 9.78 Å². The summed E-state index contributed by atoms with van der Waals surface area (Å²) in [6.45, 7) is 0.356. The number of aromatic nitrogens is 2. The number of nitrogen functional groups attached to an aromatic ring is 1. The summed E-state index contributed by atoms with van der Waals surface area (Å²) >= 11 is 3.06. The first kappa shape index (κ1) is 13.4. The number of benzene rings is 1. The monoisotopic (exact) mass is 323 g/mol. The molecule has 0 fully saturated rings. The summed E-state index contributed by atoms with van der Waals surface area (Å²) in [5.41, 5.74) is 7.13. The van der Waals surface area contributed by atoms with Crippen LogP contribution >= 0.6 is 15.9 Å². The van der Waals surface area contributed by atoms with Crippen molar-refractivity contribution >= 4 is 27.4 Å². The van der Waals surface area contributed by atoms with Crippen molar-refractivity contribution in [2.45, 2.75) is 6.54 Å². The number of nitrogens with one attached hydrogen (secondary N) is 1. The second-order valence-corrected chi connectivity index (χ2v) is 4.73. The molecular formula is C12H11BrFN5. The zero-order valence-corrected chi connectivity index (χ0v) is 11.7. The average Bonchev–Trinajstić information content (AvgIpc) is 2.72. The Morgan fingerprint density at radius 1 is 1.58 bits per heavy atom. The van der Waals surface area contributed by atoms with Crippen LogP contribution in [0.25, 0.3) is 0 Å². The van der Waals surface area contributed by atoms with E-state index in [9.17, 15) is 4.39 Å². The summed E-state index contributed by atoms with van der Waals surface area (Å²) in [6, 6.07) is 4.96. The fraction of sp³-hybridized carbons (Fsp3) is 0.167. The zero-order valence-electron chi connectivity index (χ0n) is 10.1. The quantitative estimate of drug-likeness (QED) is 0.908. The fourth-order valence-corrected chi connectivity index (χ4v) is 2.03. The lowest BCUT2D eigenvalue weighted by molar-refractivity contribution is 0.623. The average molecular weight is 324 g/mol. The highest BCUT2D eigenvalue weighted by atomic mass is 79.9. The molecule has 19 heavy (non-hydrogen) atoms. The largest absolute Gasteiger partial charge is 0.384 e. The number of nitrogens with zero attached hydrogens (tertiary/aromatic N) is 3. The minimum Gasteiger partial charge on any atom is -0.384 e. The van der Waals surface area contributed by atoms with Gasteiger partial charge in [0.2, 0.25) is 0 Å². The van der Waals surface area contributed by atoms with Gasteiger partial charge in [0, 0.05) is 19.2 Å². The number of rotatable bonds is 3. The van der Waals surface area contributed by atoms with Gasteiger partial charge in [-0.1, -0.05) is 0 Å². The third-order valence-electron chi connectivity index (χ3n) is 2.74. The van der Waals surface area contributed by atoms with Gasteiger partial charge >= 0.3 is 0 Å². The number of nitrogens with two attached hydrogens (primary N) is 1. The standard InChI is InChI=1S/C12H11BrFN5/c1-19-12(16)8(6-18-19)5-17-9-3-2-7(4-15)10(13)11(9)14/h2-3,6,17H,5,16H2,1H3. The lowest BCUT2D eigenvalue weighted by Crippen LogP contribution is -2.05. The van der Waals surface area contributed by atoms with Gasteiger partial charge in [0.15, 0.2) is 5.82 Å². The van der Waals surface area contributed by atoms with Crippen LogP contribution in [0.3, 0.4) is 0 Å². The summed E-state index contributed by atoms with van der Waals surface area (Å²) in [4.78, 5) is 0. The van der Waals surface area contributed by atoms with E-state index in [0.29, 0.717) is 18.1 Å². The van der Waals surface area contributed by atoms with Crippen molar-refractivity contribution in [1.82, 2.24) is 9.78 Å². The molecule has 0 saturated heterocycles. The summed E-state index contributed by atoms with van der Waals surface area (Å²) in [6.07, 6.45) is 1.62. The Labute approximate surface area is 118 Å². The second kappa shape index (κ2) is 5.28. The Balaban J connectivity index is 2.19. The van der Waals surface area contributed by atoms with Gasteiger partial charge < -0.3 is 11.1 Å². The van der Waals surface area contributed by atoms with Crippen molar-refractivity contribution in [2.75, 3.05) is 11.1 Å². The summed E-state index contributed by atoms with van der Waals surface area (Å²) in [5, 5.41) is 15.7. The number of halogens is 2. The molecular weight excluding hydrogens is 313 g/mol. The van der Waals surface area contributed by atoms with E-state index in [1.54, 1.807) is 24.0 Å². The predicted octanol–water partition coefficient (Wildman–Crippen LogP) is 2.39. The molecule has 0 radical (unpaired) electrons. The highest BCUT2D eigenvalue weighted by Crippen LogP contribution is 2.27. The molecule has 5 nitrogen and oxygen atoms in total. The highest BCUT2D eigenvalue weighted by molar-refractivity contribution is 9.10. The van der Waals surface area contributed by atoms with Crippen molar-refractivity contribution in [1.29, 1.82) is 5.26 Å². The Kier molecular flexibility index (Phi) is 3.71. The Hall–Kier alpha value is -2.07. The molecule has 7 heteroatoms. The molecule has 1 aromatic carbocycles. The molecule has 0 aliphatic heterocycles. The van der Waals surface area contributed by atoms with Gasteiger partial charge in [0.05, 0.1) is 21.9 Å². The van der Waals surface area contributed by atoms with Crippen LogP contribution in [0.4, 0.5) is 15.9 Å². The topological polar surface area (TPSA) is 79.7 Å². The number of anilines is 2. The number of nitriles is 1. The second-order valence-electron chi connectivity index (χ2n) is 3.93. The molecule has 0 bridgehead atoms. The van der Waals surface area contributed by atoms with Gasteiger partial charge in [0.1, 0.15) is 11.9 Å². The minimum absolute atomic E-state index is 0.152. The molecule has 0 amide bonds. The highest BCUT2D eigenvalue weighted by Gasteiger charge is 2.11. The molecule has 2 rings (SSSR count). The molecule has 1 aromatic heterocycles. The molecule has 0 spiro atoms. The smallest absolute Gasteiger partial charge is 0.161 e. The van der Waals surface area contributed by atoms with Crippen LogP contribution in [0.1, 0.15) is 11.1 Å². The molecule has 0 saturated carbocycles. The molecule has 0 unspecified atom stereocenters. The van der Waals surface area contributed by atoms with E-state index in [1.807, 2.05) is 6.07 Å². The van der Waals surface area contributed by atoms with E-state index in [1.165, 1.54) is 6.07 Å². The summed E-state index contributed by atoms with van der Waals surface area (Å²) in [7, 11) is 1.73. The van der Waals surface area contributed by atoms with Gasteiger partial charge in [-0.15, -0.1) is 0 Å². The SMILES string of the molecule is Cn1ncc(CNc2ccc(C#N)c(Br)c2F)c1N. The van der Waals surface area contributed by atoms with E-state index in [4.69, 9.17) is 11.0 Å². The Bertz CT molecular complexity index is 659. The first-order chi connectivity index (χ1) is 9.04. The third-order valence-corrected chi connectivity index (χ3v) is 3.51. The van der Waals surface area contributed by atoms with Gasteiger partial charge in [-0.25, -0.2) is 4.39 Å². The Morgan fingerprint density at radius 3 is 2.89 bits per heavy atom. The van der Waals surface area contributed by atoms with Gasteiger partial charge in [-0.2, -0.15) is 10.4 Å². The van der Waals surface area contributed by atoms with E-state index < -0.39 is 5.82 Å². The predicted molar refractivity (Wildman–Crippen MR) is 73.8 cm³/mol. The van der Waals surface area contributed by atoms with E-state index >= 15 is 0 Å². The van der Waals surface area contributed by atoms with Crippen molar-refractivity contribution in [3.63, 3.8) is 0 Å². The van der Waals surface area contributed by atoms with Crippen LogP contribution in [0, 0.1) is 17.1 Å². The lowest BCUT2D eigenvalue weighted by atomic mass is 10.2. The maximum absolute atomic E-state index is 13.9. The maximum Gasteiger partial charge on any atom is 0.161 e. The first-order valence-corrected chi connectivity index (χ1v) is 6.22.